The second-order valence-corrected chi connectivity index (χ2v) is 9.19. The summed E-state index contributed by atoms with van der Waals surface area (Å²) in [6.07, 6.45) is 0. The van der Waals surface area contributed by atoms with E-state index in [1.807, 2.05) is 63.2 Å². The Morgan fingerprint density at radius 2 is 1.70 bits per heavy atom. The van der Waals surface area contributed by atoms with Gasteiger partial charge in [-0.1, -0.05) is 30.3 Å². The third kappa shape index (κ3) is 4.86. The van der Waals surface area contributed by atoms with Crippen LogP contribution in [0.1, 0.15) is 36.7 Å². The normalized spacial score (nSPS) is 13.6. The van der Waals surface area contributed by atoms with Crippen LogP contribution in [0.5, 0.6) is 0 Å². The molecule has 4 N–H and O–H groups in total. The van der Waals surface area contributed by atoms with Crippen LogP contribution < -0.4 is 16.4 Å². The fourth-order valence-electron chi connectivity index (χ4n) is 3.87. The van der Waals surface area contributed by atoms with Gasteiger partial charge in [0.1, 0.15) is 9.88 Å². The van der Waals surface area contributed by atoms with Crippen LogP contribution in [0.3, 0.4) is 0 Å². The Bertz CT molecular complexity index is 1180. The van der Waals surface area contributed by atoms with Gasteiger partial charge in [0, 0.05) is 24.5 Å². The number of hydrogen-bond acceptors (Lipinski definition) is 6. The molecule has 7 nitrogen and oxygen atoms in total. The zero-order valence-electron chi connectivity index (χ0n) is 19.0. The van der Waals surface area contributed by atoms with Crippen LogP contribution in [0.25, 0.3) is 0 Å². The fourth-order valence-corrected chi connectivity index (χ4v) is 4.89. The van der Waals surface area contributed by atoms with Crippen molar-refractivity contribution in [2.24, 2.45) is 0 Å². The number of benzene rings is 2. The van der Waals surface area contributed by atoms with E-state index in [4.69, 9.17) is 10.5 Å². The van der Waals surface area contributed by atoms with E-state index in [1.165, 1.54) is 11.3 Å². The molecule has 0 saturated carbocycles. The maximum atomic E-state index is 13.5. The topological polar surface area (TPSA) is 96.7 Å². The first kappa shape index (κ1) is 22.8. The van der Waals surface area contributed by atoms with E-state index >= 15 is 0 Å². The number of thiophene rings is 1. The lowest BCUT2D eigenvalue weighted by Gasteiger charge is -2.27. The van der Waals surface area contributed by atoms with E-state index in [1.54, 1.807) is 4.90 Å². The number of ether oxygens (including phenoxy) is 1. The van der Waals surface area contributed by atoms with Gasteiger partial charge >= 0.3 is 0 Å². The maximum absolute atomic E-state index is 13.5. The van der Waals surface area contributed by atoms with Crippen LogP contribution >= 0.6 is 11.3 Å². The zero-order valence-corrected chi connectivity index (χ0v) is 19.8. The minimum Gasteiger partial charge on any atom is -0.397 e. The lowest BCUT2D eigenvalue weighted by molar-refractivity contribution is 0.0304. The monoisotopic (exact) mass is 464 g/mol. The molecule has 2 heterocycles. The molecule has 8 heteroatoms. The van der Waals surface area contributed by atoms with Crippen molar-refractivity contribution in [3.8, 4) is 0 Å². The highest BCUT2D eigenvalue weighted by molar-refractivity contribution is 7.19. The predicted molar refractivity (Wildman–Crippen MR) is 134 cm³/mol. The van der Waals surface area contributed by atoms with Gasteiger partial charge in [-0.3, -0.25) is 9.59 Å². The van der Waals surface area contributed by atoms with E-state index in [-0.39, 0.29) is 17.5 Å². The molecule has 1 fully saturated rings. The summed E-state index contributed by atoms with van der Waals surface area (Å²) in [5, 5.41) is 6.87. The van der Waals surface area contributed by atoms with E-state index in [9.17, 15) is 9.59 Å². The maximum Gasteiger partial charge on any atom is 0.267 e. The average molecular weight is 465 g/mol. The van der Waals surface area contributed by atoms with Crippen LogP contribution in [-0.4, -0.2) is 43.0 Å². The third-order valence-electron chi connectivity index (χ3n) is 5.66. The third-order valence-corrected chi connectivity index (χ3v) is 6.78. The van der Waals surface area contributed by atoms with Crippen LogP contribution in [0.15, 0.2) is 42.5 Å². The molecule has 2 aromatic carbocycles. The van der Waals surface area contributed by atoms with Crippen LogP contribution in [-0.2, 0) is 4.74 Å². The summed E-state index contributed by atoms with van der Waals surface area (Å²) in [7, 11) is 0. The van der Waals surface area contributed by atoms with E-state index in [2.05, 4.69) is 10.6 Å². The highest BCUT2D eigenvalue weighted by atomic mass is 32.1. The molecule has 0 atom stereocenters. The van der Waals surface area contributed by atoms with Gasteiger partial charge in [-0.25, -0.2) is 0 Å². The highest BCUT2D eigenvalue weighted by Gasteiger charge is 2.30. The smallest absolute Gasteiger partial charge is 0.267 e. The average Bonchev–Trinajstić information content (AvgIpc) is 3.12. The SMILES string of the molecule is Cc1cccc(NC(=O)c2sc(Nc3c(C)cccc3C)c(C(=O)N3CCOCC3)c2N)c1. The molecule has 3 aromatic rings. The number of nitrogens with two attached hydrogens (primary N) is 1. The predicted octanol–water partition coefficient (Wildman–Crippen LogP) is 4.72. The Hall–Kier alpha value is -3.36. The molecule has 4 rings (SSSR count). The second kappa shape index (κ2) is 9.64. The van der Waals surface area contributed by atoms with Gasteiger partial charge in [0.2, 0.25) is 0 Å². The number of carbonyl (C=O) groups is 2. The molecular formula is C25H28N4O3S. The zero-order chi connectivity index (χ0) is 23.5. The molecule has 1 aliphatic rings. The molecule has 172 valence electrons. The summed E-state index contributed by atoms with van der Waals surface area (Å²) in [4.78, 5) is 28.6. The van der Waals surface area contributed by atoms with Crippen LogP contribution in [0.2, 0.25) is 0 Å². The van der Waals surface area contributed by atoms with Crippen LogP contribution in [0, 0.1) is 20.8 Å². The molecule has 0 bridgehead atoms. The molecule has 1 aromatic heterocycles. The Morgan fingerprint density at radius 1 is 1.03 bits per heavy atom. The van der Waals surface area contributed by atoms with Crippen molar-refractivity contribution in [3.63, 3.8) is 0 Å². The van der Waals surface area contributed by atoms with E-state index in [0.717, 1.165) is 22.4 Å². The molecule has 0 unspecified atom stereocenters. The van der Waals surface area contributed by atoms with Gasteiger partial charge in [0.05, 0.1) is 24.5 Å². The molecule has 0 aliphatic carbocycles. The number of nitrogens with one attached hydrogen (secondary N) is 2. The first-order valence-electron chi connectivity index (χ1n) is 10.9. The Kier molecular flexibility index (Phi) is 6.67. The lowest BCUT2D eigenvalue weighted by atomic mass is 10.1. The fraction of sp³-hybridized carbons (Fsp3) is 0.280. The summed E-state index contributed by atoms with van der Waals surface area (Å²) in [6, 6.07) is 13.5. The first-order chi connectivity index (χ1) is 15.8. The molecular weight excluding hydrogens is 436 g/mol. The number of nitrogen functional groups attached to an aromatic ring is 1. The minimum atomic E-state index is -0.339. The van der Waals surface area contributed by atoms with Crippen molar-refractivity contribution in [2.75, 3.05) is 42.7 Å². The highest BCUT2D eigenvalue weighted by Crippen LogP contribution is 2.40. The number of rotatable bonds is 5. The largest absolute Gasteiger partial charge is 0.397 e. The number of anilines is 4. The van der Waals surface area contributed by atoms with Gasteiger partial charge < -0.3 is 26.0 Å². The summed E-state index contributed by atoms with van der Waals surface area (Å²) in [5.41, 5.74) is 11.7. The molecule has 0 radical (unpaired) electrons. The summed E-state index contributed by atoms with van der Waals surface area (Å²) in [5.74, 6) is -0.538. The second-order valence-electron chi connectivity index (χ2n) is 8.17. The van der Waals surface area contributed by atoms with Crippen molar-refractivity contribution < 1.29 is 14.3 Å². The van der Waals surface area contributed by atoms with Crippen molar-refractivity contribution in [1.82, 2.24) is 4.90 Å². The molecule has 2 amide bonds. The van der Waals surface area contributed by atoms with Crippen molar-refractivity contribution in [1.29, 1.82) is 0 Å². The van der Waals surface area contributed by atoms with Crippen LogP contribution in [0.4, 0.5) is 22.1 Å². The number of hydrogen-bond donors (Lipinski definition) is 3. The van der Waals surface area contributed by atoms with Crippen molar-refractivity contribution >= 4 is 45.2 Å². The van der Waals surface area contributed by atoms with Gasteiger partial charge in [-0.05, 0) is 49.6 Å². The number of para-hydroxylation sites is 1. The molecule has 33 heavy (non-hydrogen) atoms. The number of amides is 2. The van der Waals surface area contributed by atoms with Gasteiger partial charge in [-0.2, -0.15) is 0 Å². The standard InChI is InChI=1S/C25H28N4O3S/c1-15-6-4-9-18(14-15)27-23(30)22-20(26)19(25(31)29-10-12-32-13-11-29)24(33-22)28-21-16(2)7-5-8-17(21)3/h4-9,14,28H,10-13,26H2,1-3H3,(H,27,30). The first-order valence-corrected chi connectivity index (χ1v) is 11.7. The summed E-state index contributed by atoms with van der Waals surface area (Å²) < 4.78 is 5.39. The van der Waals surface area contributed by atoms with Gasteiger partial charge in [-0.15, -0.1) is 11.3 Å². The number of carbonyl (C=O) groups excluding carboxylic acids is 2. The summed E-state index contributed by atoms with van der Waals surface area (Å²) >= 11 is 1.20. The van der Waals surface area contributed by atoms with Crippen molar-refractivity contribution in [2.45, 2.75) is 20.8 Å². The Morgan fingerprint density at radius 3 is 2.36 bits per heavy atom. The van der Waals surface area contributed by atoms with Gasteiger partial charge in [0.15, 0.2) is 0 Å². The van der Waals surface area contributed by atoms with Crippen molar-refractivity contribution in [3.05, 3.63) is 69.6 Å². The minimum absolute atomic E-state index is 0.190. The molecule has 1 saturated heterocycles. The van der Waals surface area contributed by atoms with Gasteiger partial charge in [0.25, 0.3) is 11.8 Å². The Balaban J connectivity index is 1.73. The van der Waals surface area contributed by atoms with E-state index < -0.39 is 0 Å². The Labute approximate surface area is 197 Å². The number of aryl methyl sites for hydroxylation is 3. The van der Waals surface area contributed by atoms with E-state index in [0.29, 0.717) is 47.4 Å². The molecule has 1 aliphatic heterocycles. The lowest BCUT2D eigenvalue weighted by Crippen LogP contribution is -2.41. The molecule has 0 spiro atoms. The number of nitrogens with zero attached hydrogens (tertiary/aromatic N) is 1. The number of morpholine rings is 1. The quantitative estimate of drug-likeness (QED) is 0.508. The summed E-state index contributed by atoms with van der Waals surface area (Å²) in [6.45, 7) is 7.90.